The first-order valence-electron chi connectivity index (χ1n) is 6.35. The van der Waals surface area contributed by atoms with Gasteiger partial charge in [-0.25, -0.2) is 4.79 Å². The molecule has 1 fully saturated rings. The normalized spacial score (nSPS) is 23.6. The molecule has 2 unspecified atom stereocenters. The summed E-state index contributed by atoms with van der Waals surface area (Å²) in [7, 11) is 0. The maximum atomic E-state index is 11.1. The van der Waals surface area contributed by atoms with Gasteiger partial charge in [0.1, 0.15) is 11.3 Å². The second kappa shape index (κ2) is 5.29. The standard InChI is InChI=1S/C14H19NO3/c1-9-3-2-4-11(7-9)18-13-6-5-10(15)8-12(13)14(16)17/h5-6,8-9,11H,2-4,7,15H2,1H3,(H,16,17). The lowest BCUT2D eigenvalue weighted by molar-refractivity contribution is 0.0683. The molecule has 0 bridgehead atoms. The van der Waals surface area contributed by atoms with Gasteiger partial charge in [-0.15, -0.1) is 0 Å². The Morgan fingerprint density at radius 3 is 2.89 bits per heavy atom. The zero-order chi connectivity index (χ0) is 13.1. The van der Waals surface area contributed by atoms with E-state index in [1.165, 1.54) is 12.5 Å². The second-order valence-corrected chi connectivity index (χ2v) is 5.07. The van der Waals surface area contributed by atoms with Crippen molar-refractivity contribution in [2.24, 2.45) is 5.92 Å². The number of anilines is 1. The van der Waals surface area contributed by atoms with Gasteiger partial charge < -0.3 is 15.6 Å². The minimum Gasteiger partial charge on any atom is -0.490 e. The van der Waals surface area contributed by atoms with E-state index in [-0.39, 0.29) is 11.7 Å². The zero-order valence-electron chi connectivity index (χ0n) is 10.6. The molecule has 2 atom stereocenters. The minimum absolute atomic E-state index is 0.121. The SMILES string of the molecule is CC1CCCC(Oc2ccc(N)cc2C(=O)O)C1. The third-order valence-corrected chi connectivity index (χ3v) is 3.42. The van der Waals surface area contributed by atoms with Crippen LogP contribution >= 0.6 is 0 Å². The monoisotopic (exact) mass is 249 g/mol. The molecule has 0 saturated heterocycles. The summed E-state index contributed by atoms with van der Waals surface area (Å²) >= 11 is 0. The van der Waals surface area contributed by atoms with E-state index in [2.05, 4.69) is 6.92 Å². The number of nitrogen functional groups attached to an aromatic ring is 1. The first-order valence-corrected chi connectivity index (χ1v) is 6.35. The van der Waals surface area contributed by atoms with Gasteiger partial charge in [0.15, 0.2) is 0 Å². The Bertz CT molecular complexity index is 445. The number of carboxylic acid groups (broad SMARTS) is 1. The molecule has 1 aromatic carbocycles. The average molecular weight is 249 g/mol. The number of rotatable bonds is 3. The molecule has 0 aliphatic heterocycles. The topological polar surface area (TPSA) is 72.5 Å². The van der Waals surface area contributed by atoms with E-state index in [0.717, 1.165) is 19.3 Å². The molecule has 0 spiro atoms. The van der Waals surface area contributed by atoms with Crippen LogP contribution in [0.25, 0.3) is 0 Å². The molecule has 0 aromatic heterocycles. The highest BCUT2D eigenvalue weighted by Crippen LogP contribution is 2.29. The lowest BCUT2D eigenvalue weighted by atomic mass is 9.88. The fraction of sp³-hybridized carbons (Fsp3) is 0.500. The summed E-state index contributed by atoms with van der Waals surface area (Å²) in [6, 6.07) is 4.77. The van der Waals surface area contributed by atoms with E-state index in [1.807, 2.05) is 0 Å². The van der Waals surface area contributed by atoms with E-state index < -0.39 is 5.97 Å². The molecule has 1 aliphatic carbocycles. The Morgan fingerprint density at radius 2 is 2.22 bits per heavy atom. The molecular formula is C14H19NO3. The molecule has 4 heteroatoms. The fourth-order valence-corrected chi connectivity index (χ4v) is 2.48. The van der Waals surface area contributed by atoms with Crippen molar-refractivity contribution < 1.29 is 14.6 Å². The van der Waals surface area contributed by atoms with Gasteiger partial charge in [0, 0.05) is 5.69 Å². The van der Waals surface area contributed by atoms with Gasteiger partial charge in [-0.05, 0) is 43.4 Å². The largest absolute Gasteiger partial charge is 0.490 e. The van der Waals surface area contributed by atoms with E-state index >= 15 is 0 Å². The number of hydrogen-bond donors (Lipinski definition) is 2. The molecule has 4 nitrogen and oxygen atoms in total. The Balaban J connectivity index is 2.15. The van der Waals surface area contributed by atoms with Gasteiger partial charge in [-0.1, -0.05) is 13.3 Å². The Morgan fingerprint density at radius 1 is 1.44 bits per heavy atom. The van der Waals surface area contributed by atoms with Crippen molar-refractivity contribution in [2.45, 2.75) is 38.7 Å². The maximum Gasteiger partial charge on any atom is 0.339 e. The highest BCUT2D eigenvalue weighted by atomic mass is 16.5. The van der Waals surface area contributed by atoms with Gasteiger partial charge >= 0.3 is 5.97 Å². The number of carbonyl (C=O) groups is 1. The molecule has 3 N–H and O–H groups in total. The summed E-state index contributed by atoms with van der Waals surface area (Å²) in [6.07, 6.45) is 4.48. The lowest BCUT2D eigenvalue weighted by Crippen LogP contribution is -2.24. The van der Waals surface area contributed by atoms with E-state index in [1.54, 1.807) is 12.1 Å². The highest BCUT2D eigenvalue weighted by molar-refractivity contribution is 5.92. The van der Waals surface area contributed by atoms with Crippen LogP contribution < -0.4 is 10.5 Å². The number of carboxylic acids is 1. The van der Waals surface area contributed by atoms with E-state index in [0.29, 0.717) is 17.4 Å². The van der Waals surface area contributed by atoms with Crippen LogP contribution in [0.3, 0.4) is 0 Å². The van der Waals surface area contributed by atoms with Crippen LogP contribution in [-0.4, -0.2) is 17.2 Å². The van der Waals surface area contributed by atoms with Crippen molar-refractivity contribution in [1.29, 1.82) is 0 Å². The predicted molar refractivity (Wildman–Crippen MR) is 69.9 cm³/mol. The van der Waals surface area contributed by atoms with Crippen molar-refractivity contribution in [3.8, 4) is 5.75 Å². The van der Waals surface area contributed by atoms with Crippen molar-refractivity contribution >= 4 is 11.7 Å². The lowest BCUT2D eigenvalue weighted by Gasteiger charge is -2.27. The van der Waals surface area contributed by atoms with Gasteiger partial charge in [0.2, 0.25) is 0 Å². The molecular weight excluding hydrogens is 230 g/mol. The summed E-state index contributed by atoms with van der Waals surface area (Å²) in [5.41, 5.74) is 6.19. The molecule has 1 aliphatic rings. The van der Waals surface area contributed by atoms with Crippen LogP contribution in [0.5, 0.6) is 5.75 Å². The van der Waals surface area contributed by atoms with Gasteiger partial charge in [0.25, 0.3) is 0 Å². The molecule has 0 radical (unpaired) electrons. The molecule has 1 saturated carbocycles. The summed E-state index contributed by atoms with van der Waals surface area (Å²) < 4.78 is 5.84. The third kappa shape index (κ3) is 2.94. The van der Waals surface area contributed by atoms with Crippen molar-refractivity contribution in [1.82, 2.24) is 0 Å². The molecule has 0 amide bonds. The first-order chi connectivity index (χ1) is 8.56. The van der Waals surface area contributed by atoms with E-state index in [4.69, 9.17) is 15.6 Å². The third-order valence-electron chi connectivity index (χ3n) is 3.42. The molecule has 0 heterocycles. The van der Waals surface area contributed by atoms with E-state index in [9.17, 15) is 4.79 Å². The molecule has 1 aromatic rings. The zero-order valence-corrected chi connectivity index (χ0v) is 10.6. The number of nitrogens with two attached hydrogens (primary N) is 1. The number of hydrogen-bond acceptors (Lipinski definition) is 3. The second-order valence-electron chi connectivity index (χ2n) is 5.07. The Kier molecular flexibility index (Phi) is 3.75. The summed E-state index contributed by atoms with van der Waals surface area (Å²) in [4.78, 5) is 11.1. The van der Waals surface area contributed by atoms with Gasteiger partial charge in [0.05, 0.1) is 6.10 Å². The van der Waals surface area contributed by atoms with Crippen molar-refractivity contribution in [3.05, 3.63) is 23.8 Å². The average Bonchev–Trinajstić information content (AvgIpc) is 2.31. The highest BCUT2D eigenvalue weighted by Gasteiger charge is 2.22. The summed E-state index contributed by atoms with van der Waals surface area (Å²) in [6.45, 7) is 2.20. The number of benzene rings is 1. The minimum atomic E-state index is -0.999. The number of aromatic carboxylic acids is 1. The fourth-order valence-electron chi connectivity index (χ4n) is 2.48. The van der Waals surface area contributed by atoms with Gasteiger partial charge in [-0.2, -0.15) is 0 Å². The summed E-state index contributed by atoms with van der Waals surface area (Å²) in [5, 5.41) is 9.14. The first kappa shape index (κ1) is 12.7. The van der Waals surface area contributed by atoms with Crippen molar-refractivity contribution in [3.63, 3.8) is 0 Å². The van der Waals surface area contributed by atoms with Crippen LogP contribution in [0, 0.1) is 5.92 Å². The van der Waals surface area contributed by atoms with Crippen LogP contribution in [0.15, 0.2) is 18.2 Å². The van der Waals surface area contributed by atoms with Crippen LogP contribution in [-0.2, 0) is 0 Å². The molecule has 18 heavy (non-hydrogen) atoms. The quantitative estimate of drug-likeness (QED) is 0.808. The van der Waals surface area contributed by atoms with Crippen LogP contribution in [0.1, 0.15) is 43.0 Å². The van der Waals surface area contributed by atoms with Crippen molar-refractivity contribution in [2.75, 3.05) is 5.73 Å². The summed E-state index contributed by atoms with van der Waals surface area (Å²) in [5.74, 6) is 0.0720. The Hall–Kier alpha value is -1.71. The molecule has 98 valence electrons. The van der Waals surface area contributed by atoms with Crippen LogP contribution in [0.4, 0.5) is 5.69 Å². The maximum absolute atomic E-state index is 11.1. The number of ether oxygens (including phenoxy) is 1. The molecule has 2 rings (SSSR count). The predicted octanol–water partition coefficient (Wildman–Crippen LogP) is 2.92. The smallest absolute Gasteiger partial charge is 0.339 e. The van der Waals surface area contributed by atoms with Crippen LogP contribution in [0.2, 0.25) is 0 Å². The van der Waals surface area contributed by atoms with Gasteiger partial charge in [-0.3, -0.25) is 0 Å². The Labute approximate surface area is 107 Å².